The first-order valence-corrected chi connectivity index (χ1v) is 9.28. The smallest absolute Gasteiger partial charge is 0.333 e. The summed E-state index contributed by atoms with van der Waals surface area (Å²) in [6.07, 6.45) is 6.10. The Morgan fingerprint density at radius 2 is 2.31 bits per heavy atom. The van der Waals surface area contributed by atoms with E-state index in [0.29, 0.717) is 34.7 Å². The molecule has 0 saturated carbocycles. The van der Waals surface area contributed by atoms with Crippen molar-refractivity contribution in [2.24, 2.45) is 0 Å². The Balaban J connectivity index is 1.66. The van der Waals surface area contributed by atoms with Gasteiger partial charge in [0.25, 0.3) is 0 Å². The Kier molecular flexibility index (Phi) is 5.12. The number of nitrogens with zero attached hydrogens (tertiary/aromatic N) is 5. The standard InChI is InChI=1S/C19H19F2N7O/c20-19(21)28-9-5-15(26-28)14-10-24-18-13(4-7-23-18)17(14)25-12-2-1-8-27(11-12)16(29)3-6-22/h4-5,7,9-10,12,19H,1-3,8,11H2,(H2,23,24,25). The van der Waals surface area contributed by atoms with E-state index in [9.17, 15) is 13.6 Å². The maximum atomic E-state index is 13.0. The molecule has 0 radical (unpaired) electrons. The second kappa shape index (κ2) is 7.87. The summed E-state index contributed by atoms with van der Waals surface area (Å²) in [6.45, 7) is -1.62. The predicted molar refractivity (Wildman–Crippen MR) is 102 cm³/mol. The largest absolute Gasteiger partial charge is 0.379 e. The number of anilines is 1. The lowest BCUT2D eigenvalue weighted by Gasteiger charge is -2.33. The summed E-state index contributed by atoms with van der Waals surface area (Å²) in [4.78, 5) is 21.2. The Hall–Kier alpha value is -3.48. The van der Waals surface area contributed by atoms with E-state index in [0.717, 1.165) is 23.9 Å². The summed E-state index contributed by atoms with van der Waals surface area (Å²) >= 11 is 0. The van der Waals surface area contributed by atoms with E-state index in [4.69, 9.17) is 5.26 Å². The van der Waals surface area contributed by atoms with Gasteiger partial charge in [-0.2, -0.15) is 19.1 Å². The number of hydrogen-bond donors (Lipinski definition) is 2. The Labute approximate surface area is 165 Å². The molecule has 0 aromatic carbocycles. The highest BCUT2D eigenvalue weighted by atomic mass is 19.3. The molecule has 29 heavy (non-hydrogen) atoms. The maximum absolute atomic E-state index is 13.0. The molecule has 4 rings (SSSR count). The third-order valence-electron chi connectivity index (χ3n) is 5.02. The molecule has 1 amide bonds. The number of aromatic nitrogens is 4. The first-order valence-electron chi connectivity index (χ1n) is 9.28. The number of pyridine rings is 1. The van der Waals surface area contributed by atoms with Crippen LogP contribution in [0, 0.1) is 11.3 Å². The van der Waals surface area contributed by atoms with E-state index in [1.807, 2.05) is 12.1 Å². The Morgan fingerprint density at radius 3 is 3.07 bits per heavy atom. The highest BCUT2D eigenvalue weighted by molar-refractivity contribution is 5.97. The fraction of sp³-hybridized carbons (Fsp3) is 0.368. The van der Waals surface area contributed by atoms with Crippen molar-refractivity contribution in [2.75, 3.05) is 18.4 Å². The fourth-order valence-electron chi connectivity index (χ4n) is 3.65. The molecule has 1 fully saturated rings. The van der Waals surface area contributed by atoms with Crippen LogP contribution in [0.4, 0.5) is 14.5 Å². The number of piperidine rings is 1. The molecule has 1 aliphatic rings. The van der Waals surface area contributed by atoms with Crippen molar-refractivity contribution in [1.82, 2.24) is 24.6 Å². The van der Waals surface area contributed by atoms with Crippen LogP contribution in [-0.2, 0) is 4.79 Å². The second-order valence-corrected chi connectivity index (χ2v) is 6.90. The number of aromatic amines is 1. The number of likely N-dealkylation sites (tertiary alicyclic amines) is 1. The zero-order chi connectivity index (χ0) is 20.4. The van der Waals surface area contributed by atoms with Gasteiger partial charge < -0.3 is 15.2 Å². The number of alkyl halides is 2. The highest BCUT2D eigenvalue weighted by Crippen LogP contribution is 2.34. The van der Waals surface area contributed by atoms with E-state index in [-0.39, 0.29) is 18.4 Å². The minimum absolute atomic E-state index is 0.0390. The summed E-state index contributed by atoms with van der Waals surface area (Å²) < 4.78 is 26.5. The van der Waals surface area contributed by atoms with E-state index in [1.54, 1.807) is 17.3 Å². The predicted octanol–water partition coefficient (Wildman–Crippen LogP) is 3.14. The average molecular weight is 399 g/mol. The molecule has 3 aromatic heterocycles. The monoisotopic (exact) mass is 399 g/mol. The minimum atomic E-state index is -2.72. The van der Waals surface area contributed by atoms with Gasteiger partial charge in [0.15, 0.2) is 0 Å². The van der Waals surface area contributed by atoms with Crippen LogP contribution in [0.15, 0.2) is 30.7 Å². The third kappa shape index (κ3) is 3.76. The molecule has 1 atom stereocenters. The van der Waals surface area contributed by atoms with Crippen molar-refractivity contribution < 1.29 is 13.6 Å². The molecule has 3 aromatic rings. The zero-order valence-electron chi connectivity index (χ0n) is 15.5. The van der Waals surface area contributed by atoms with Gasteiger partial charge in [0.05, 0.1) is 17.5 Å². The van der Waals surface area contributed by atoms with Gasteiger partial charge in [-0.3, -0.25) is 4.79 Å². The topological polar surface area (TPSA) is 103 Å². The number of H-pyrrole nitrogens is 1. The van der Waals surface area contributed by atoms with Gasteiger partial charge in [0, 0.05) is 48.7 Å². The SMILES string of the molecule is N#CCC(=O)N1CCCC(Nc2c(-c3ccn(C(F)F)n3)cnc3[nH]ccc23)C1. The lowest BCUT2D eigenvalue weighted by molar-refractivity contribution is -0.131. The highest BCUT2D eigenvalue weighted by Gasteiger charge is 2.25. The van der Waals surface area contributed by atoms with E-state index in [1.165, 1.54) is 12.3 Å². The van der Waals surface area contributed by atoms with Gasteiger partial charge in [0.1, 0.15) is 12.1 Å². The fourth-order valence-corrected chi connectivity index (χ4v) is 3.65. The number of amides is 1. The molecule has 0 spiro atoms. The summed E-state index contributed by atoms with van der Waals surface area (Å²) in [7, 11) is 0. The molecule has 1 saturated heterocycles. The number of nitriles is 1. The lowest BCUT2D eigenvalue weighted by atomic mass is 10.0. The van der Waals surface area contributed by atoms with E-state index >= 15 is 0 Å². The second-order valence-electron chi connectivity index (χ2n) is 6.90. The Bertz CT molecular complexity index is 1070. The van der Waals surface area contributed by atoms with Crippen molar-refractivity contribution in [3.8, 4) is 17.3 Å². The molecule has 8 nitrogen and oxygen atoms in total. The summed E-state index contributed by atoms with van der Waals surface area (Å²) in [5.41, 5.74) is 2.39. The van der Waals surface area contributed by atoms with Gasteiger partial charge >= 0.3 is 6.55 Å². The van der Waals surface area contributed by atoms with Crippen LogP contribution in [0.5, 0.6) is 0 Å². The van der Waals surface area contributed by atoms with Crippen molar-refractivity contribution >= 4 is 22.6 Å². The first kappa shape index (κ1) is 18.9. The molecule has 1 aliphatic heterocycles. The quantitative estimate of drug-likeness (QED) is 0.686. The minimum Gasteiger partial charge on any atom is -0.379 e. The Morgan fingerprint density at radius 1 is 1.45 bits per heavy atom. The summed E-state index contributed by atoms with van der Waals surface area (Å²) in [6, 6.07) is 5.24. The summed E-state index contributed by atoms with van der Waals surface area (Å²) in [5.74, 6) is -0.184. The number of carbonyl (C=O) groups excluding carboxylic acids is 1. The molecule has 4 heterocycles. The molecule has 0 bridgehead atoms. The number of halogens is 2. The molecular formula is C19H19F2N7O. The van der Waals surface area contributed by atoms with Crippen LogP contribution in [0.1, 0.15) is 25.8 Å². The lowest BCUT2D eigenvalue weighted by Crippen LogP contribution is -2.45. The number of nitrogens with one attached hydrogen (secondary N) is 2. The van der Waals surface area contributed by atoms with Crippen molar-refractivity contribution in [3.63, 3.8) is 0 Å². The van der Waals surface area contributed by atoms with Crippen LogP contribution in [0.3, 0.4) is 0 Å². The number of fused-ring (bicyclic) bond motifs is 1. The van der Waals surface area contributed by atoms with Crippen molar-refractivity contribution in [3.05, 3.63) is 30.7 Å². The van der Waals surface area contributed by atoms with Crippen LogP contribution in [0.25, 0.3) is 22.3 Å². The number of carbonyl (C=O) groups is 1. The van der Waals surface area contributed by atoms with Crippen molar-refractivity contribution in [2.45, 2.75) is 31.9 Å². The summed E-state index contributed by atoms with van der Waals surface area (Å²) in [5, 5.41) is 17.0. The third-order valence-corrected chi connectivity index (χ3v) is 5.02. The maximum Gasteiger partial charge on any atom is 0.333 e. The van der Waals surface area contributed by atoms with Crippen molar-refractivity contribution in [1.29, 1.82) is 5.26 Å². The number of rotatable bonds is 5. The van der Waals surface area contributed by atoms with Gasteiger partial charge in [-0.05, 0) is 25.0 Å². The normalized spacial score (nSPS) is 16.9. The van der Waals surface area contributed by atoms with Gasteiger partial charge in [-0.1, -0.05) is 0 Å². The molecule has 10 heteroatoms. The molecule has 1 unspecified atom stereocenters. The van der Waals surface area contributed by atoms with E-state index < -0.39 is 6.55 Å². The van der Waals surface area contributed by atoms with Gasteiger partial charge in [-0.15, -0.1) is 0 Å². The number of hydrogen-bond acceptors (Lipinski definition) is 5. The van der Waals surface area contributed by atoms with Crippen LogP contribution < -0.4 is 5.32 Å². The molecule has 2 N–H and O–H groups in total. The molecular weight excluding hydrogens is 380 g/mol. The molecule has 0 aliphatic carbocycles. The van der Waals surface area contributed by atoms with Crippen LogP contribution in [0.2, 0.25) is 0 Å². The van der Waals surface area contributed by atoms with Crippen LogP contribution >= 0.6 is 0 Å². The van der Waals surface area contributed by atoms with Crippen LogP contribution in [-0.4, -0.2) is 49.7 Å². The van der Waals surface area contributed by atoms with Gasteiger partial charge in [-0.25, -0.2) is 9.67 Å². The van der Waals surface area contributed by atoms with E-state index in [2.05, 4.69) is 20.4 Å². The molecule has 150 valence electrons. The zero-order valence-corrected chi connectivity index (χ0v) is 15.5. The average Bonchev–Trinajstić information content (AvgIpc) is 3.38. The van der Waals surface area contributed by atoms with Gasteiger partial charge in [0.2, 0.25) is 5.91 Å². The first-order chi connectivity index (χ1) is 14.1.